The molecule has 2 bridgehead atoms. The number of nitrogens with one attached hydrogen (secondary N) is 2. The molecule has 0 aromatic heterocycles. The molecular weight excluding hydrogens is 360 g/mol. The molecule has 0 spiro atoms. The van der Waals surface area contributed by atoms with Gasteiger partial charge in [0.2, 0.25) is 5.91 Å². The van der Waals surface area contributed by atoms with Crippen molar-refractivity contribution < 1.29 is 9.90 Å². The lowest BCUT2D eigenvalue weighted by Crippen LogP contribution is -2.56. The zero-order valence-electron chi connectivity index (χ0n) is 18.9. The molecule has 2 aliphatic carbocycles. The summed E-state index contributed by atoms with van der Waals surface area (Å²) < 4.78 is 0. The van der Waals surface area contributed by atoms with Crippen molar-refractivity contribution in [3.63, 3.8) is 0 Å². The van der Waals surface area contributed by atoms with E-state index in [1.165, 1.54) is 36.8 Å². The molecule has 6 atom stereocenters. The molecule has 2 fully saturated rings. The van der Waals surface area contributed by atoms with Crippen molar-refractivity contribution in [2.45, 2.75) is 79.0 Å². The molecule has 162 valence electrons. The average Bonchev–Trinajstić information content (AvgIpc) is 2.65. The van der Waals surface area contributed by atoms with Gasteiger partial charge in [-0.2, -0.15) is 0 Å². The van der Waals surface area contributed by atoms with Crippen LogP contribution in [-0.4, -0.2) is 29.7 Å². The van der Waals surface area contributed by atoms with Crippen LogP contribution in [0, 0.1) is 36.0 Å². The van der Waals surface area contributed by atoms with E-state index in [2.05, 4.69) is 55.7 Å². The first-order chi connectivity index (χ1) is 13.7. The van der Waals surface area contributed by atoms with Crippen molar-refractivity contribution in [2.24, 2.45) is 29.1 Å². The summed E-state index contributed by atoms with van der Waals surface area (Å²) in [6, 6.07) is 8.61. The molecule has 6 unspecified atom stereocenters. The maximum atomic E-state index is 13.1. The Bertz CT molecular complexity index is 681. The summed E-state index contributed by atoms with van der Waals surface area (Å²) in [5, 5.41) is 17.4. The van der Waals surface area contributed by atoms with Gasteiger partial charge in [-0.05, 0) is 75.7 Å². The second kappa shape index (κ2) is 9.18. The number of rotatable bonds is 7. The molecule has 2 aliphatic rings. The summed E-state index contributed by atoms with van der Waals surface area (Å²) in [6.07, 6.45) is 4.30. The highest BCUT2D eigenvalue weighted by molar-refractivity contribution is 5.82. The molecule has 1 aromatic rings. The van der Waals surface area contributed by atoms with Crippen LogP contribution < -0.4 is 10.6 Å². The van der Waals surface area contributed by atoms with E-state index in [0.717, 1.165) is 11.8 Å². The third-order valence-corrected chi connectivity index (χ3v) is 7.41. The Morgan fingerprint density at radius 1 is 1.14 bits per heavy atom. The molecule has 3 rings (SSSR count). The van der Waals surface area contributed by atoms with Gasteiger partial charge in [0.05, 0.1) is 11.5 Å². The first-order valence-electron chi connectivity index (χ1n) is 11.4. The molecule has 29 heavy (non-hydrogen) atoms. The molecule has 0 aliphatic heterocycles. The predicted octanol–water partition coefficient (Wildman–Crippen LogP) is 4.05. The van der Waals surface area contributed by atoms with Gasteiger partial charge in [-0.25, -0.2) is 0 Å². The van der Waals surface area contributed by atoms with E-state index in [1.54, 1.807) is 0 Å². The third kappa shape index (κ3) is 5.40. The molecule has 4 heteroatoms. The van der Waals surface area contributed by atoms with Gasteiger partial charge in [-0.15, -0.1) is 0 Å². The minimum Gasteiger partial charge on any atom is -0.391 e. The van der Waals surface area contributed by atoms with Crippen molar-refractivity contribution in [1.29, 1.82) is 0 Å². The van der Waals surface area contributed by atoms with E-state index in [0.29, 0.717) is 24.9 Å². The van der Waals surface area contributed by atoms with Crippen LogP contribution in [0.3, 0.4) is 0 Å². The molecule has 3 N–H and O–H groups in total. The zero-order valence-corrected chi connectivity index (χ0v) is 18.9. The second-order valence-electron chi connectivity index (χ2n) is 10.5. The lowest BCUT2D eigenvalue weighted by atomic mass is 9.63. The first kappa shape index (κ1) is 22.3. The van der Waals surface area contributed by atoms with Gasteiger partial charge in [0.25, 0.3) is 0 Å². The van der Waals surface area contributed by atoms with Gasteiger partial charge in [0.15, 0.2) is 0 Å². The summed E-state index contributed by atoms with van der Waals surface area (Å²) in [5.41, 5.74) is 1.60. The maximum absolute atomic E-state index is 13.1. The number of aliphatic hydroxyl groups excluding tert-OH is 1. The molecule has 0 radical (unpaired) electrons. The summed E-state index contributed by atoms with van der Waals surface area (Å²) >= 11 is 0. The van der Waals surface area contributed by atoms with Crippen LogP contribution in [0.4, 0.5) is 0 Å². The fourth-order valence-electron chi connectivity index (χ4n) is 5.49. The average molecular weight is 401 g/mol. The van der Waals surface area contributed by atoms with Gasteiger partial charge < -0.3 is 15.7 Å². The number of carbonyl (C=O) groups excluding carboxylic acids is 1. The monoisotopic (exact) mass is 400 g/mol. The summed E-state index contributed by atoms with van der Waals surface area (Å²) in [5.74, 6) is 2.68. The van der Waals surface area contributed by atoms with Crippen LogP contribution in [0.1, 0.15) is 64.5 Å². The highest BCUT2D eigenvalue weighted by Gasteiger charge is 2.43. The van der Waals surface area contributed by atoms with Gasteiger partial charge in [0.1, 0.15) is 0 Å². The van der Waals surface area contributed by atoms with E-state index in [-0.39, 0.29) is 11.9 Å². The Balaban J connectivity index is 1.53. The molecule has 4 nitrogen and oxygen atoms in total. The number of aryl methyl sites for hydroxylation is 1. The molecule has 1 amide bonds. The van der Waals surface area contributed by atoms with Crippen LogP contribution >= 0.6 is 0 Å². The molecule has 1 aromatic carbocycles. The fraction of sp³-hybridized carbons (Fsp3) is 0.720. The van der Waals surface area contributed by atoms with Crippen LogP contribution in [0.25, 0.3) is 0 Å². The highest BCUT2D eigenvalue weighted by Crippen LogP contribution is 2.45. The number of carbonyl (C=O) groups is 1. The van der Waals surface area contributed by atoms with Gasteiger partial charge in [-0.1, -0.05) is 43.7 Å². The molecule has 0 heterocycles. The van der Waals surface area contributed by atoms with Crippen LogP contribution in [0.15, 0.2) is 24.3 Å². The topological polar surface area (TPSA) is 61.4 Å². The Labute approximate surface area is 176 Å². The van der Waals surface area contributed by atoms with Crippen LogP contribution in [0.2, 0.25) is 0 Å². The van der Waals surface area contributed by atoms with E-state index < -0.39 is 11.5 Å². The third-order valence-electron chi connectivity index (χ3n) is 7.41. The largest absolute Gasteiger partial charge is 0.391 e. The van der Waals surface area contributed by atoms with Crippen LogP contribution in [0.5, 0.6) is 0 Å². The van der Waals surface area contributed by atoms with Gasteiger partial charge >= 0.3 is 0 Å². The summed E-state index contributed by atoms with van der Waals surface area (Å²) in [4.78, 5) is 13.1. The smallest absolute Gasteiger partial charge is 0.228 e. The van der Waals surface area contributed by atoms with Crippen molar-refractivity contribution in [1.82, 2.24) is 10.6 Å². The number of aliphatic hydroxyl groups is 1. The van der Waals surface area contributed by atoms with E-state index in [1.807, 2.05) is 13.8 Å². The van der Waals surface area contributed by atoms with Crippen molar-refractivity contribution in [2.75, 3.05) is 6.54 Å². The number of hydrogen-bond acceptors (Lipinski definition) is 3. The second-order valence-corrected chi connectivity index (χ2v) is 10.5. The first-order valence-corrected chi connectivity index (χ1v) is 11.4. The van der Waals surface area contributed by atoms with E-state index >= 15 is 0 Å². The Kier molecular flexibility index (Phi) is 7.06. The Hall–Kier alpha value is -1.39. The fourth-order valence-corrected chi connectivity index (χ4v) is 5.49. The van der Waals surface area contributed by atoms with Crippen molar-refractivity contribution in [3.8, 4) is 0 Å². The number of fused-ring (bicyclic) bond motifs is 2. The number of benzene rings is 1. The Morgan fingerprint density at radius 2 is 1.83 bits per heavy atom. The SMILES string of the molecule is Cc1ccc(CNCC(O)C(C)(C)C(=O)NC2C(C)CC3CC(C)CC2C3)cc1. The quantitative estimate of drug-likeness (QED) is 0.647. The highest BCUT2D eigenvalue weighted by atomic mass is 16.3. The predicted molar refractivity (Wildman–Crippen MR) is 118 cm³/mol. The lowest BCUT2D eigenvalue weighted by Gasteiger charge is -2.47. The maximum Gasteiger partial charge on any atom is 0.228 e. The number of hydrogen-bond donors (Lipinski definition) is 3. The van der Waals surface area contributed by atoms with E-state index in [9.17, 15) is 9.90 Å². The van der Waals surface area contributed by atoms with Crippen molar-refractivity contribution in [3.05, 3.63) is 35.4 Å². The normalized spacial score (nSPS) is 30.6. The van der Waals surface area contributed by atoms with Crippen LogP contribution in [-0.2, 0) is 11.3 Å². The summed E-state index contributed by atoms with van der Waals surface area (Å²) in [7, 11) is 0. The summed E-state index contributed by atoms with van der Waals surface area (Å²) in [6.45, 7) is 11.5. The molecule has 0 saturated heterocycles. The van der Waals surface area contributed by atoms with Gasteiger partial charge in [0, 0.05) is 19.1 Å². The Morgan fingerprint density at radius 3 is 2.52 bits per heavy atom. The minimum absolute atomic E-state index is 0.0179. The number of amides is 1. The standard InChI is InChI=1S/C25H40N2O2/c1-16-6-8-19(9-7-16)14-26-15-22(28)25(4,5)24(29)27-23-18(3)12-20-10-17(2)11-21(23)13-20/h6-9,17-18,20-23,26,28H,10-15H2,1-5H3,(H,27,29). The minimum atomic E-state index is -0.822. The molecular formula is C25H40N2O2. The lowest BCUT2D eigenvalue weighted by molar-refractivity contribution is -0.137. The molecule has 2 saturated carbocycles. The van der Waals surface area contributed by atoms with Gasteiger partial charge in [-0.3, -0.25) is 4.79 Å². The zero-order chi connectivity index (χ0) is 21.2. The van der Waals surface area contributed by atoms with Crippen molar-refractivity contribution >= 4 is 5.91 Å². The van der Waals surface area contributed by atoms with E-state index in [4.69, 9.17) is 0 Å².